The van der Waals surface area contributed by atoms with E-state index in [1.54, 1.807) is 11.9 Å². The molecule has 0 aliphatic carbocycles. The van der Waals surface area contributed by atoms with Crippen molar-refractivity contribution in [3.63, 3.8) is 0 Å². The number of rotatable bonds is 6. The molecule has 5 heteroatoms. The van der Waals surface area contributed by atoms with Gasteiger partial charge in [0.25, 0.3) is 0 Å². The van der Waals surface area contributed by atoms with E-state index in [9.17, 15) is 4.79 Å². The number of morpholine rings is 1. The fourth-order valence-corrected chi connectivity index (χ4v) is 2.04. The van der Waals surface area contributed by atoms with Crippen molar-refractivity contribution < 1.29 is 14.3 Å². The number of carbonyl (C=O) groups is 1. The van der Waals surface area contributed by atoms with E-state index < -0.39 is 0 Å². The topological polar surface area (TPSA) is 50.8 Å². The fraction of sp³-hybridized carbons (Fsp3) is 0.533. The van der Waals surface area contributed by atoms with E-state index in [2.05, 4.69) is 5.32 Å². The first-order valence-corrected chi connectivity index (χ1v) is 7.00. The molecule has 1 N–H and O–H groups in total. The van der Waals surface area contributed by atoms with E-state index in [-0.39, 0.29) is 12.0 Å². The standard InChI is InChI=1S/C15H22N2O3/c1-17(8-10-20-13-5-3-2-4-6-13)15(18)11-14-12-16-7-9-19-14/h2-6,14,16H,7-12H2,1H3. The maximum absolute atomic E-state index is 12.0. The lowest BCUT2D eigenvalue weighted by atomic mass is 10.2. The maximum atomic E-state index is 12.0. The Morgan fingerprint density at radius 3 is 2.95 bits per heavy atom. The lowest BCUT2D eigenvalue weighted by Crippen LogP contribution is -2.42. The number of amides is 1. The lowest BCUT2D eigenvalue weighted by Gasteiger charge is -2.25. The molecule has 1 aromatic carbocycles. The van der Waals surface area contributed by atoms with Gasteiger partial charge >= 0.3 is 0 Å². The summed E-state index contributed by atoms with van der Waals surface area (Å²) in [5, 5.41) is 3.22. The summed E-state index contributed by atoms with van der Waals surface area (Å²) in [6.45, 7) is 3.37. The lowest BCUT2D eigenvalue weighted by molar-refractivity contribution is -0.133. The molecule has 0 bridgehead atoms. The Bertz CT molecular complexity index is 405. The molecule has 1 saturated heterocycles. The minimum absolute atomic E-state index is 0.00579. The van der Waals surface area contributed by atoms with Crippen LogP contribution in [-0.2, 0) is 9.53 Å². The molecule has 1 aliphatic heterocycles. The fourth-order valence-electron chi connectivity index (χ4n) is 2.04. The largest absolute Gasteiger partial charge is 0.492 e. The van der Waals surface area contributed by atoms with Gasteiger partial charge in [0.15, 0.2) is 0 Å². The molecule has 0 radical (unpaired) electrons. The number of ether oxygens (including phenoxy) is 2. The molecule has 1 heterocycles. The monoisotopic (exact) mass is 278 g/mol. The van der Waals surface area contributed by atoms with E-state index in [0.717, 1.165) is 18.8 Å². The van der Waals surface area contributed by atoms with Crippen molar-refractivity contribution >= 4 is 5.91 Å². The van der Waals surface area contributed by atoms with Gasteiger partial charge in [-0.05, 0) is 12.1 Å². The SMILES string of the molecule is CN(CCOc1ccccc1)C(=O)CC1CNCCO1. The quantitative estimate of drug-likeness (QED) is 0.840. The summed E-state index contributed by atoms with van der Waals surface area (Å²) < 4.78 is 11.1. The van der Waals surface area contributed by atoms with Crippen molar-refractivity contribution in [1.29, 1.82) is 0 Å². The Kier molecular flexibility index (Phi) is 5.83. The number of likely N-dealkylation sites (N-methyl/N-ethyl adjacent to an activating group) is 1. The van der Waals surface area contributed by atoms with Gasteiger partial charge in [-0.15, -0.1) is 0 Å². The Balaban J connectivity index is 1.65. The molecule has 0 saturated carbocycles. The number of nitrogens with zero attached hydrogens (tertiary/aromatic N) is 1. The molecule has 5 nitrogen and oxygen atoms in total. The summed E-state index contributed by atoms with van der Waals surface area (Å²) in [4.78, 5) is 13.7. The van der Waals surface area contributed by atoms with E-state index in [4.69, 9.17) is 9.47 Å². The summed E-state index contributed by atoms with van der Waals surface area (Å²) >= 11 is 0. The second-order valence-corrected chi connectivity index (χ2v) is 4.88. The molecule has 1 amide bonds. The molecule has 110 valence electrons. The van der Waals surface area contributed by atoms with E-state index in [1.807, 2.05) is 30.3 Å². The normalized spacial score (nSPS) is 18.6. The zero-order valence-corrected chi connectivity index (χ0v) is 11.9. The average molecular weight is 278 g/mol. The Hall–Kier alpha value is -1.59. The molecule has 20 heavy (non-hydrogen) atoms. The predicted octanol–water partition coefficient (Wildman–Crippen LogP) is 0.902. The minimum atomic E-state index is -0.00579. The molecule has 1 atom stereocenters. The van der Waals surface area contributed by atoms with Crippen LogP contribution in [0.2, 0.25) is 0 Å². The molecular formula is C15H22N2O3. The number of benzene rings is 1. The van der Waals surface area contributed by atoms with Crippen LogP contribution in [0, 0.1) is 0 Å². The molecule has 1 unspecified atom stereocenters. The summed E-state index contributed by atoms with van der Waals surface area (Å²) in [6.07, 6.45) is 0.420. The zero-order valence-electron chi connectivity index (χ0n) is 11.9. The first kappa shape index (κ1) is 14.8. The molecular weight excluding hydrogens is 256 g/mol. The van der Waals surface area contributed by atoms with Crippen molar-refractivity contribution in [3.05, 3.63) is 30.3 Å². The van der Waals surface area contributed by atoms with Crippen LogP contribution in [0.5, 0.6) is 5.75 Å². The molecule has 1 aliphatic rings. The van der Waals surface area contributed by atoms with E-state index in [1.165, 1.54) is 0 Å². The summed E-state index contributed by atoms with van der Waals surface area (Å²) in [7, 11) is 1.80. The number of nitrogens with one attached hydrogen (secondary N) is 1. The first-order chi connectivity index (χ1) is 9.75. The van der Waals surface area contributed by atoms with Crippen molar-refractivity contribution in [1.82, 2.24) is 10.2 Å². The highest BCUT2D eigenvalue weighted by molar-refractivity contribution is 5.76. The third-order valence-corrected chi connectivity index (χ3v) is 3.27. The van der Waals surface area contributed by atoms with Crippen LogP contribution >= 0.6 is 0 Å². The Morgan fingerprint density at radius 2 is 2.25 bits per heavy atom. The highest BCUT2D eigenvalue weighted by Gasteiger charge is 2.19. The van der Waals surface area contributed by atoms with Gasteiger partial charge in [-0.3, -0.25) is 4.79 Å². The molecule has 0 spiro atoms. The number of para-hydroxylation sites is 1. The smallest absolute Gasteiger partial charge is 0.225 e. The molecule has 1 aromatic rings. The van der Waals surface area contributed by atoms with Gasteiger partial charge in [-0.1, -0.05) is 18.2 Å². The van der Waals surface area contributed by atoms with Gasteiger partial charge in [0.1, 0.15) is 12.4 Å². The van der Waals surface area contributed by atoms with Crippen molar-refractivity contribution in [2.45, 2.75) is 12.5 Å². The van der Waals surface area contributed by atoms with E-state index >= 15 is 0 Å². The summed E-state index contributed by atoms with van der Waals surface area (Å²) in [5.41, 5.74) is 0. The van der Waals surface area contributed by atoms with Crippen LogP contribution in [0.1, 0.15) is 6.42 Å². The Labute approximate surface area is 119 Å². The molecule has 2 rings (SSSR count). The highest BCUT2D eigenvalue weighted by atomic mass is 16.5. The number of hydrogen-bond donors (Lipinski definition) is 1. The third-order valence-electron chi connectivity index (χ3n) is 3.27. The van der Waals surface area contributed by atoms with Gasteiger partial charge < -0.3 is 19.7 Å². The van der Waals surface area contributed by atoms with Crippen LogP contribution in [0.15, 0.2) is 30.3 Å². The van der Waals surface area contributed by atoms with E-state index in [0.29, 0.717) is 26.2 Å². The molecule has 1 fully saturated rings. The predicted molar refractivity (Wildman–Crippen MR) is 76.8 cm³/mol. The number of carbonyl (C=O) groups excluding carboxylic acids is 1. The van der Waals surface area contributed by atoms with Crippen molar-refractivity contribution in [2.24, 2.45) is 0 Å². The zero-order chi connectivity index (χ0) is 14.2. The van der Waals surface area contributed by atoms with Crippen LogP contribution < -0.4 is 10.1 Å². The van der Waals surface area contributed by atoms with Crippen LogP contribution in [0.25, 0.3) is 0 Å². The van der Waals surface area contributed by atoms with Crippen LogP contribution in [0.3, 0.4) is 0 Å². The Morgan fingerprint density at radius 1 is 1.45 bits per heavy atom. The maximum Gasteiger partial charge on any atom is 0.225 e. The summed E-state index contributed by atoms with van der Waals surface area (Å²) in [6, 6.07) is 9.61. The van der Waals surface area contributed by atoms with Crippen molar-refractivity contribution in [3.8, 4) is 5.75 Å². The summed E-state index contributed by atoms with van der Waals surface area (Å²) in [5.74, 6) is 0.920. The van der Waals surface area contributed by atoms with Gasteiger partial charge in [0.05, 0.1) is 25.7 Å². The number of hydrogen-bond acceptors (Lipinski definition) is 4. The van der Waals surface area contributed by atoms with Gasteiger partial charge in [-0.25, -0.2) is 0 Å². The van der Waals surface area contributed by atoms with Crippen LogP contribution in [-0.4, -0.2) is 56.8 Å². The highest BCUT2D eigenvalue weighted by Crippen LogP contribution is 2.08. The van der Waals surface area contributed by atoms with Crippen LogP contribution in [0.4, 0.5) is 0 Å². The minimum Gasteiger partial charge on any atom is -0.492 e. The second-order valence-electron chi connectivity index (χ2n) is 4.88. The third kappa shape index (κ3) is 4.83. The molecule has 0 aromatic heterocycles. The second kappa shape index (κ2) is 7.87. The van der Waals surface area contributed by atoms with Crippen molar-refractivity contribution in [2.75, 3.05) is 39.9 Å². The van der Waals surface area contributed by atoms with Gasteiger partial charge in [0.2, 0.25) is 5.91 Å². The average Bonchev–Trinajstić information content (AvgIpc) is 2.49. The first-order valence-electron chi connectivity index (χ1n) is 7.00. The van der Waals surface area contributed by atoms with Gasteiger partial charge in [-0.2, -0.15) is 0 Å². The van der Waals surface area contributed by atoms with Gasteiger partial charge in [0, 0.05) is 20.1 Å².